The number of halogens is 4. The van der Waals surface area contributed by atoms with Crippen molar-refractivity contribution in [1.29, 1.82) is 0 Å². The number of amides is 1. The third-order valence-corrected chi connectivity index (χ3v) is 4.32. The van der Waals surface area contributed by atoms with E-state index in [0.717, 1.165) is 49.8 Å². The molecule has 1 aliphatic rings. The Bertz CT molecular complexity index is 772. The summed E-state index contributed by atoms with van der Waals surface area (Å²) in [6.07, 6.45) is -0.680. The minimum Gasteiger partial charge on any atom is -0.370 e. The lowest BCUT2D eigenvalue weighted by Gasteiger charge is -2.17. The second-order valence-electron chi connectivity index (χ2n) is 5.74. The van der Waals surface area contributed by atoms with Crippen LogP contribution in [0.25, 0.3) is 0 Å². The summed E-state index contributed by atoms with van der Waals surface area (Å²) in [5.74, 6) is -0.616. The van der Waals surface area contributed by atoms with Gasteiger partial charge in [0.25, 0.3) is 5.91 Å². The number of rotatable bonds is 3. The van der Waals surface area contributed by atoms with Gasteiger partial charge in [0.05, 0.1) is 28.2 Å². The summed E-state index contributed by atoms with van der Waals surface area (Å²) in [5.41, 5.74) is 0.0408. The number of carbonyl (C=O) groups excluding carboxylic acids is 1. The molecule has 0 atom stereocenters. The lowest BCUT2D eigenvalue weighted by molar-refractivity contribution is -0.137. The van der Waals surface area contributed by atoms with Crippen molar-refractivity contribution >= 4 is 28.9 Å². The van der Waals surface area contributed by atoms with Crippen molar-refractivity contribution in [3.8, 4) is 0 Å². The van der Waals surface area contributed by atoms with Crippen LogP contribution in [-0.4, -0.2) is 24.0 Å². The molecule has 8 heteroatoms. The van der Waals surface area contributed by atoms with Crippen LogP contribution in [0.1, 0.15) is 28.9 Å². The number of benzene rings is 1. The van der Waals surface area contributed by atoms with E-state index in [1.807, 2.05) is 0 Å². The van der Waals surface area contributed by atoms with E-state index in [4.69, 9.17) is 11.6 Å². The largest absolute Gasteiger partial charge is 0.416 e. The summed E-state index contributed by atoms with van der Waals surface area (Å²) in [6, 6.07) is 6.09. The van der Waals surface area contributed by atoms with Crippen LogP contribution in [0.5, 0.6) is 0 Å². The lowest BCUT2D eigenvalue weighted by Crippen LogP contribution is -2.19. The van der Waals surface area contributed by atoms with Crippen molar-refractivity contribution in [1.82, 2.24) is 4.98 Å². The Balaban J connectivity index is 1.76. The van der Waals surface area contributed by atoms with Crippen molar-refractivity contribution in [2.24, 2.45) is 0 Å². The Kier molecular flexibility index (Phi) is 4.85. The van der Waals surface area contributed by atoms with Gasteiger partial charge in [0.15, 0.2) is 0 Å². The molecule has 1 fully saturated rings. The average molecular weight is 370 g/mol. The van der Waals surface area contributed by atoms with E-state index in [0.29, 0.717) is 0 Å². The molecule has 0 saturated carbocycles. The van der Waals surface area contributed by atoms with Crippen LogP contribution in [0.3, 0.4) is 0 Å². The molecular formula is C17H15ClF3N3O. The van der Waals surface area contributed by atoms with Crippen LogP contribution >= 0.6 is 11.6 Å². The maximum atomic E-state index is 12.8. The van der Waals surface area contributed by atoms with Crippen LogP contribution in [0, 0.1) is 0 Å². The molecule has 132 valence electrons. The van der Waals surface area contributed by atoms with Gasteiger partial charge < -0.3 is 10.2 Å². The van der Waals surface area contributed by atoms with Gasteiger partial charge in [-0.25, -0.2) is 4.98 Å². The average Bonchev–Trinajstić information content (AvgIpc) is 3.10. The molecule has 1 aliphatic heterocycles. The highest BCUT2D eigenvalue weighted by Crippen LogP contribution is 2.34. The number of nitrogens with one attached hydrogen (secondary N) is 1. The Labute approximate surface area is 147 Å². The molecular weight excluding hydrogens is 355 g/mol. The molecule has 25 heavy (non-hydrogen) atoms. The smallest absolute Gasteiger partial charge is 0.370 e. The maximum Gasteiger partial charge on any atom is 0.416 e. The first kappa shape index (κ1) is 17.5. The van der Waals surface area contributed by atoms with Crippen LogP contribution in [0.2, 0.25) is 5.02 Å². The number of hydrogen-bond donors (Lipinski definition) is 1. The number of pyridine rings is 1. The monoisotopic (exact) mass is 369 g/mol. The molecule has 1 amide bonds. The van der Waals surface area contributed by atoms with E-state index < -0.39 is 17.6 Å². The molecule has 1 N–H and O–H groups in total. The van der Waals surface area contributed by atoms with Gasteiger partial charge >= 0.3 is 6.18 Å². The van der Waals surface area contributed by atoms with E-state index >= 15 is 0 Å². The molecule has 4 nitrogen and oxygen atoms in total. The predicted molar refractivity (Wildman–Crippen MR) is 90.1 cm³/mol. The molecule has 1 saturated heterocycles. The standard InChI is InChI=1S/C17H15ClF3N3O/c18-13-5-3-11(17(19,20)21)9-15(13)23-16(25)14-6-4-12(10-22-14)24-7-1-2-8-24/h3-6,9-10H,1-2,7-8H2,(H,23,25). The number of carbonyl (C=O) groups is 1. The van der Waals surface area contributed by atoms with Gasteiger partial charge in [-0.1, -0.05) is 11.6 Å². The highest BCUT2D eigenvalue weighted by Gasteiger charge is 2.31. The second-order valence-corrected chi connectivity index (χ2v) is 6.15. The zero-order valence-corrected chi connectivity index (χ0v) is 13.9. The summed E-state index contributed by atoms with van der Waals surface area (Å²) in [4.78, 5) is 18.5. The van der Waals surface area contributed by atoms with E-state index in [-0.39, 0.29) is 16.4 Å². The third-order valence-electron chi connectivity index (χ3n) is 3.99. The summed E-state index contributed by atoms with van der Waals surface area (Å²) in [5, 5.41) is 2.40. The van der Waals surface area contributed by atoms with Gasteiger partial charge in [-0.3, -0.25) is 4.79 Å². The van der Waals surface area contributed by atoms with E-state index in [2.05, 4.69) is 15.2 Å². The second kappa shape index (κ2) is 6.92. The number of anilines is 2. The SMILES string of the molecule is O=C(Nc1cc(C(F)(F)F)ccc1Cl)c1ccc(N2CCCC2)cn1. The van der Waals surface area contributed by atoms with Gasteiger partial charge in [0.1, 0.15) is 5.69 Å². The fraction of sp³-hybridized carbons (Fsp3) is 0.294. The van der Waals surface area contributed by atoms with Crippen molar-refractivity contribution < 1.29 is 18.0 Å². The highest BCUT2D eigenvalue weighted by atomic mass is 35.5. The third kappa shape index (κ3) is 4.04. The van der Waals surface area contributed by atoms with Gasteiger partial charge in [-0.2, -0.15) is 13.2 Å². The zero-order chi connectivity index (χ0) is 18.0. The molecule has 0 unspecified atom stereocenters. The quantitative estimate of drug-likeness (QED) is 0.859. The lowest BCUT2D eigenvalue weighted by atomic mass is 10.2. The number of hydrogen-bond acceptors (Lipinski definition) is 3. The highest BCUT2D eigenvalue weighted by molar-refractivity contribution is 6.33. The van der Waals surface area contributed by atoms with E-state index in [1.54, 1.807) is 18.3 Å². The summed E-state index contributed by atoms with van der Waals surface area (Å²) in [7, 11) is 0. The summed E-state index contributed by atoms with van der Waals surface area (Å²) >= 11 is 5.88. The number of alkyl halides is 3. The van der Waals surface area contributed by atoms with Gasteiger partial charge in [0, 0.05) is 13.1 Å². The molecule has 2 heterocycles. The topological polar surface area (TPSA) is 45.2 Å². The van der Waals surface area contributed by atoms with E-state index in [1.165, 1.54) is 0 Å². The molecule has 1 aromatic heterocycles. The molecule has 0 radical (unpaired) electrons. The van der Waals surface area contributed by atoms with Crippen LogP contribution in [-0.2, 0) is 6.18 Å². The summed E-state index contributed by atoms with van der Waals surface area (Å²) in [6.45, 7) is 1.90. The molecule has 1 aromatic carbocycles. The van der Waals surface area contributed by atoms with Crippen molar-refractivity contribution in [2.45, 2.75) is 19.0 Å². The van der Waals surface area contributed by atoms with Crippen molar-refractivity contribution in [2.75, 3.05) is 23.3 Å². The van der Waals surface area contributed by atoms with Crippen molar-refractivity contribution in [3.05, 3.63) is 52.8 Å². The zero-order valence-electron chi connectivity index (χ0n) is 13.1. The Morgan fingerprint density at radius 1 is 1.16 bits per heavy atom. The number of aromatic nitrogens is 1. The first-order valence-electron chi connectivity index (χ1n) is 7.74. The first-order chi connectivity index (χ1) is 11.8. The van der Waals surface area contributed by atoms with Crippen molar-refractivity contribution in [3.63, 3.8) is 0 Å². The molecule has 0 bridgehead atoms. The molecule has 0 spiro atoms. The fourth-order valence-corrected chi connectivity index (χ4v) is 2.83. The first-order valence-corrected chi connectivity index (χ1v) is 8.11. The minimum atomic E-state index is -4.51. The number of nitrogens with zero attached hydrogens (tertiary/aromatic N) is 2. The van der Waals surface area contributed by atoms with Crippen LogP contribution in [0.15, 0.2) is 36.5 Å². The Morgan fingerprint density at radius 3 is 2.48 bits per heavy atom. The van der Waals surface area contributed by atoms with Crippen LogP contribution in [0.4, 0.5) is 24.5 Å². The van der Waals surface area contributed by atoms with Crippen LogP contribution < -0.4 is 10.2 Å². The Hall–Kier alpha value is -2.28. The Morgan fingerprint density at radius 2 is 1.88 bits per heavy atom. The molecule has 0 aliphatic carbocycles. The fourth-order valence-electron chi connectivity index (χ4n) is 2.67. The minimum absolute atomic E-state index is 0.0232. The maximum absolute atomic E-state index is 12.8. The van der Waals surface area contributed by atoms with Gasteiger partial charge in [-0.05, 0) is 43.2 Å². The molecule has 2 aromatic rings. The predicted octanol–water partition coefficient (Wildman–Crippen LogP) is 4.61. The summed E-state index contributed by atoms with van der Waals surface area (Å²) < 4.78 is 38.3. The molecule has 3 rings (SSSR count). The normalized spacial score (nSPS) is 14.6. The van der Waals surface area contributed by atoms with Gasteiger partial charge in [-0.15, -0.1) is 0 Å². The van der Waals surface area contributed by atoms with Gasteiger partial charge in [0.2, 0.25) is 0 Å². The van der Waals surface area contributed by atoms with E-state index in [9.17, 15) is 18.0 Å².